The molecule has 0 radical (unpaired) electrons. The Morgan fingerprint density at radius 1 is 0.672 bits per heavy atom. The second-order valence-electron chi connectivity index (χ2n) is 15.2. The van der Waals surface area contributed by atoms with Crippen molar-refractivity contribution in [3.63, 3.8) is 0 Å². The molecule has 0 N–H and O–H groups in total. The molecule has 0 aliphatic carbocycles. The second-order valence-corrected chi connectivity index (χ2v) is 15.2. The van der Waals surface area contributed by atoms with Gasteiger partial charge in [-0.1, -0.05) is 72.8 Å². The van der Waals surface area contributed by atoms with E-state index in [4.69, 9.17) is 9.15 Å². The van der Waals surface area contributed by atoms with Crippen LogP contribution in [0.4, 0.5) is 27.1 Å². The summed E-state index contributed by atoms with van der Waals surface area (Å²) in [6, 6.07) is 38.4. The van der Waals surface area contributed by atoms with E-state index in [1.54, 1.807) is 47.8 Å². The van der Waals surface area contributed by atoms with Gasteiger partial charge in [0.25, 0.3) is 11.8 Å². The Bertz CT molecular complexity index is 2510. The number of benzene rings is 4. The highest BCUT2D eigenvalue weighted by atomic mass is 19.1. The van der Waals surface area contributed by atoms with Gasteiger partial charge in [-0.3, -0.25) is 24.2 Å². The SMILES string of the molecule is CC(=O)N(c1ccccc1)[C@H]1C[C@@H](C)N(C(=O)c2cncc(F)c2)c2ccccc21.COCc1ccc(C(=O)N2c3ccccc3[C@@H](N(C(C)=O)c3ccccc3)C[C@H]2C)o1. The summed E-state index contributed by atoms with van der Waals surface area (Å²) in [4.78, 5) is 62.8. The summed E-state index contributed by atoms with van der Waals surface area (Å²) >= 11 is 0. The van der Waals surface area contributed by atoms with E-state index in [0.717, 1.165) is 40.1 Å². The van der Waals surface area contributed by atoms with Crippen LogP contribution in [-0.2, 0) is 20.9 Å². The van der Waals surface area contributed by atoms with E-state index < -0.39 is 5.82 Å². The van der Waals surface area contributed by atoms with E-state index in [1.165, 1.54) is 12.3 Å². The first-order chi connectivity index (χ1) is 29.5. The summed E-state index contributed by atoms with van der Waals surface area (Å²) in [5.41, 5.74) is 5.19. The Balaban J connectivity index is 0.000000184. The Hall–Kier alpha value is -6.92. The molecule has 6 aromatic rings. The maximum atomic E-state index is 13.7. The topological polar surface area (TPSA) is 116 Å². The Morgan fingerprint density at radius 2 is 1.15 bits per heavy atom. The molecule has 4 aromatic carbocycles. The lowest BCUT2D eigenvalue weighted by molar-refractivity contribution is -0.118. The van der Waals surface area contributed by atoms with Crippen molar-refractivity contribution in [3.8, 4) is 0 Å². The van der Waals surface area contributed by atoms with Crippen molar-refractivity contribution in [2.24, 2.45) is 0 Å². The standard InChI is InChI=1S/C25H26N2O4.C24H22FN3O2/c1-17-15-23(27(18(2)28)19-9-5-4-6-10-19)21-11-7-8-12-22(21)26(17)25(29)24-14-13-20(31-24)16-30-3;1-16-12-23(28(17(2)29)20-8-4-3-5-9-20)21-10-6-7-11-22(21)27(16)24(30)18-13-19(25)15-26-14-18/h4-14,17,23H,15-16H2,1-3H3;3-11,13-16,23H,12H2,1-2H3/t17-,23+;16-,23+/m11/s1. The van der Waals surface area contributed by atoms with Gasteiger partial charge in [-0.2, -0.15) is 0 Å². The van der Waals surface area contributed by atoms with Crippen LogP contribution in [0.5, 0.6) is 0 Å². The maximum Gasteiger partial charge on any atom is 0.294 e. The zero-order chi connectivity index (χ0) is 43.2. The smallest absolute Gasteiger partial charge is 0.294 e. The van der Waals surface area contributed by atoms with Gasteiger partial charge in [0, 0.05) is 62.0 Å². The number of para-hydroxylation sites is 4. The Kier molecular flexibility index (Phi) is 12.8. The molecule has 12 heteroatoms. The number of carbonyl (C=O) groups excluding carboxylic acids is 4. The minimum atomic E-state index is -0.552. The minimum Gasteiger partial charge on any atom is -0.453 e. The van der Waals surface area contributed by atoms with Crippen LogP contribution in [0.2, 0.25) is 0 Å². The van der Waals surface area contributed by atoms with Crippen molar-refractivity contribution in [3.05, 3.63) is 174 Å². The molecule has 2 aromatic heterocycles. The molecule has 0 saturated carbocycles. The number of hydrogen-bond acceptors (Lipinski definition) is 7. The van der Waals surface area contributed by atoms with Gasteiger partial charge in [-0.25, -0.2) is 4.39 Å². The minimum absolute atomic E-state index is 0.0341. The van der Waals surface area contributed by atoms with Crippen LogP contribution in [0.25, 0.3) is 0 Å². The maximum absolute atomic E-state index is 13.7. The number of amides is 4. The van der Waals surface area contributed by atoms with E-state index in [2.05, 4.69) is 4.98 Å². The molecule has 61 heavy (non-hydrogen) atoms. The van der Waals surface area contributed by atoms with Crippen LogP contribution in [0.1, 0.15) is 90.4 Å². The average Bonchev–Trinajstić information content (AvgIpc) is 3.73. The highest BCUT2D eigenvalue weighted by Crippen LogP contribution is 2.44. The molecule has 4 atom stereocenters. The summed E-state index contributed by atoms with van der Waals surface area (Å²) < 4.78 is 24.5. The normalized spacial score (nSPS) is 17.9. The van der Waals surface area contributed by atoms with E-state index in [9.17, 15) is 23.6 Å². The van der Waals surface area contributed by atoms with E-state index in [1.807, 2.05) is 128 Å². The summed E-state index contributed by atoms with van der Waals surface area (Å²) in [7, 11) is 1.58. The zero-order valence-electron chi connectivity index (χ0n) is 34.8. The molecule has 0 bridgehead atoms. The molecule has 312 valence electrons. The third-order valence-corrected chi connectivity index (χ3v) is 11.0. The number of furan rings is 1. The fourth-order valence-electron chi connectivity index (χ4n) is 8.51. The third-order valence-electron chi connectivity index (χ3n) is 11.0. The number of anilines is 4. The van der Waals surface area contributed by atoms with Crippen LogP contribution in [0, 0.1) is 5.82 Å². The summed E-state index contributed by atoms with van der Waals surface area (Å²) in [5.74, 6) is -0.282. The molecule has 4 heterocycles. The number of carbonyl (C=O) groups is 4. The number of hydrogen-bond donors (Lipinski definition) is 0. The first-order valence-corrected chi connectivity index (χ1v) is 20.2. The molecule has 8 rings (SSSR count). The number of methoxy groups -OCH3 is 1. The fourth-order valence-corrected chi connectivity index (χ4v) is 8.51. The zero-order valence-corrected chi connectivity index (χ0v) is 34.8. The van der Waals surface area contributed by atoms with Gasteiger partial charge < -0.3 is 28.8 Å². The molecule has 2 aliphatic heterocycles. The highest BCUT2D eigenvalue weighted by Gasteiger charge is 2.40. The van der Waals surface area contributed by atoms with Crippen LogP contribution >= 0.6 is 0 Å². The number of nitrogens with zero attached hydrogens (tertiary/aromatic N) is 5. The van der Waals surface area contributed by atoms with Gasteiger partial charge in [0.05, 0.1) is 23.8 Å². The summed E-state index contributed by atoms with van der Waals surface area (Å²) in [6.07, 6.45) is 3.62. The van der Waals surface area contributed by atoms with Gasteiger partial charge in [0.1, 0.15) is 18.2 Å². The number of pyridine rings is 1. The van der Waals surface area contributed by atoms with Crippen molar-refractivity contribution in [1.29, 1.82) is 0 Å². The van der Waals surface area contributed by atoms with Gasteiger partial charge in [0.2, 0.25) is 11.8 Å². The van der Waals surface area contributed by atoms with Crippen molar-refractivity contribution in [1.82, 2.24) is 4.98 Å². The van der Waals surface area contributed by atoms with Gasteiger partial charge >= 0.3 is 0 Å². The molecule has 11 nitrogen and oxygen atoms in total. The number of fused-ring (bicyclic) bond motifs is 2. The first kappa shape index (κ1) is 42.2. The summed E-state index contributed by atoms with van der Waals surface area (Å²) in [6.45, 7) is 7.39. The van der Waals surface area contributed by atoms with Crippen molar-refractivity contribution >= 4 is 46.4 Å². The third kappa shape index (κ3) is 8.85. The quantitative estimate of drug-likeness (QED) is 0.150. The highest BCUT2D eigenvalue weighted by molar-refractivity contribution is 6.08. The van der Waals surface area contributed by atoms with Crippen LogP contribution < -0.4 is 19.6 Å². The van der Waals surface area contributed by atoms with Gasteiger partial charge in [-0.15, -0.1) is 0 Å². The first-order valence-electron chi connectivity index (χ1n) is 20.2. The monoisotopic (exact) mass is 821 g/mol. The molecular formula is C49H48FN5O6. The number of ether oxygens (including phenoxy) is 1. The van der Waals surface area contributed by atoms with E-state index in [-0.39, 0.29) is 59.1 Å². The lowest BCUT2D eigenvalue weighted by Gasteiger charge is -2.43. The van der Waals surface area contributed by atoms with Crippen molar-refractivity contribution < 1.29 is 32.7 Å². The molecule has 2 aliphatic rings. The van der Waals surface area contributed by atoms with Crippen molar-refractivity contribution in [2.45, 2.75) is 71.3 Å². The predicted octanol–water partition coefficient (Wildman–Crippen LogP) is 9.71. The molecule has 0 spiro atoms. The predicted molar refractivity (Wildman–Crippen MR) is 233 cm³/mol. The van der Waals surface area contributed by atoms with Gasteiger partial charge in [0.15, 0.2) is 5.76 Å². The van der Waals surface area contributed by atoms with Crippen LogP contribution in [-0.4, -0.2) is 47.8 Å². The molecule has 0 saturated heterocycles. The summed E-state index contributed by atoms with van der Waals surface area (Å²) in [5, 5.41) is 0. The molecular weight excluding hydrogens is 774 g/mol. The lowest BCUT2D eigenvalue weighted by Crippen LogP contribution is -2.47. The Labute approximate surface area is 355 Å². The molecule has 0 fully saturated rings. The fraction of sp³-hybridized carbons (Fsp3) is 0.245. The lowest BCUT2D eigenvalue weighted by atomic mass is 9.89. The van der Waals surface area contributed by atoms with E-state index in [0.29, 0.717) is 25.2 Å². The Morgan fingerprint density at radius 3 is 1.62 bits per heavy atom. The number of rotatable bonds is 8. The largest absolute Gasteiger partial charge is 0.453 e. The number of aromatic nitrogens is 1. The van der Waals surface area contributed by atoms with Crippen molar-refractivity contribution in [2.75, 3.05) is 26.7 Å². The second kappa shape index (κ2) is 18.6. The molecule has 4 amide bonds. The van der Waals surface area contributed by atoms with Gasteiger partial charge in [-0.05, 0) is 92.4 Å². The van der Waals surface area contributed by atoms with Crippen LogP contribution in [0.15, 0.2) is 144 Å². The molecule has 0 unspecified atom stereocenters. The number of halogens is 1. The van der Waals surface area contributed by atoms with E-state index >= 15 is 0 Å². The van der Waals surface area contributed by atoms with Crippen LogP contribution in [0.3, 0.4) is 0 Å². The average molecular weight is 822 g/mol.